The van der Waals surface area contributed by atoms with Gasteiger partial charge in [-0.05, 0) is 26.7 Å². The molecular weight excluding hydrogens is 274 g/mol. The molecule has 0 saturated heterocycles. The number of hydrogen-bond donors (Lipinski definition) is 1. The first kappa shape index (κ1) is 13.1. The van der Waals surface area contributed by atoms with Crippen LogP contribution in [0.5, 0.6) is 0 Å². The number of nitrogens with zero attached hydrogens (tertiary/aromatic N) is 2. The maximum absolute atomic E-state index is 4.73. The van der Waals surface area contributed by atoms with Crippen LogP contribution in [0.15, 0.2) is 5.38 Å². The molecule has 1 aliphatic rings. The topological polar surface area (TPSA) is 37.8 Å². The van der Waals surface area contributed by atoms with Gasteiger partial charge in [0.1, 0.15) is 0 Å². The van der Waals surface area contributed by atoms with Crippen molar-refractivity contribution in [2.45, 2.75) is 52.0 Å². The molecule has 0 radical (unpaired) electrons. The van der Waals surface area contributed by atoms with Crippen LogP contribution in [0.25, 0.3) is 10.6 Å². The molecule has 0 bridgehead atoms. The van der Waals surface area contributed by atoms with E-state index < -0.39 is 0 Å². The van der Waals surface area contributed by atoms with E-state index in [1.54, 1.807) is 22.7 Å². The third-order valence-corrected chi connectivity index (χ3v) is 5.44. The van der Waals surface area contributed by atoms with Crippen LogP contribution in [-0.2, 0) is 0 Å². The minimum atomic E-state index is 0.622. The van der Waals surface area contributed by atoms with Crippen molar-refractivity contribution < 1.29 is 0 Å². The fraction of sp³-hybridized carbons (Fsp3) is 0.571. The molecule has 2 heterocycles. The monoisotopic (exact) mass is 293 g/mol. The van der Waals surface area contributed by atoms with Crippen molar-refractivity contribution in [2.24, 2.45) is 0 Å². The third-order valence-electron chi connectivity index (χ3n) is 3.57. The van der Waals surface area contributed by atoms with Crippen LogP contribution in [-0.4, -0.2) is 16.0 Å². The van der Waals surface area contributed by atoms with Gasteiger partial charge in [-0.15, -0.1) is 22.7 Å². The minimum Gasteiger partial charge on any atom is -0.359 e. The Morgan fingerprint density at radius 1 is 1.16 bits per heavy atom. The smallest absolute Gasteiger partial charge is 0.183 e. The highest BCUT2D eigenvalue weighted by Gasteiger charge is 2.16. The Morgan fingerprint density at radius 3 is 2.63 bits per heavy atom. The molecule has 1 saturated carbocycles. The standard InChI is InChI=1S/C14H19N3S2/c1-9-13(19-10(2)15-9)12-8-18-14(17-12)16-11-6-4-3-5-7-11/h8,11H,3-7H2,1-2H3,(H,16,17). The van der Waals surface area contributed by atoms with E-state index in [-0.39, 0.29) is 0 Å². The number of aryl methyl sites for hydroxylation is 2. The molecule has 3 rings (SSSR count). The van der Waals surface area contributed by atoms with Gasteiger partial charge >= 0.3 is 0 Å². The largest absolute Gasteiger partial charge is 0.359 e. The second kappa shape index (κ2) is 5.59. The summed E-state index contributed by atoms with van der Waals surface area (Å²) in [6.07, 6.45) is 6.66. The van der Waals surface area contributed by atoms with Crippen molar-refractivity contribution >= 4 is 27.8 Å². The average molecular weight is 293 g/mol. The highest BCUT2D eigenvalue weighted by molar-refractivity contribution is 7.16. The van der Waals surface area contributed by atoms with Crippen LogP contribution in [0, 0.1) is 13.8 Å². The van der Waals surface area contributed by atoms with E-state index in [1.807, 2.05) is 0 Å². The molecule has 1 fully saturated rings. The molecule has 0 aromatic carbocycles. The molecule has 2 aromatic heterocycles. The lowest BCUT2D eigenvalue weighted by Gasteiger charge is -2.22. The second-order valence-electron chi connectivity index (χ2n) is 5.16. The van der Waals surface area contributed by atoms with Crippen molar-refractivity contribution in [3.05, 3.63) is 16.1 Å². The third kappa shape index (κ3) is 2.98. The van der Waals surface area contributed by atoms with E-state index in [2.05, 4.69) is 29.5 Å². The molecule has 0 amide bonds. The molecule has 0 unspecified atom stereocenters. The van der Waals surface area contributed by atoms with Crippen molar-refractivity contribution in [3.8, 4) is 10.6 Å². The zero-order chi connectivity index (χ0) is 13.2. The highest BCUT2D eigenvalue weighted by Crippen LogP contribution is 2.33. The maximum Gasteiger partial charge on any atom is 0.183 e. The van der Waals surface area contributed by atoms with Crippen molar-refractivity contribution in [2.75, 3.05) is 5.32 Å². The SMILES string of the molecule is Cc1nc(C)c(-c2csc(NC3CCCCC3)n2)s1. The van der Waals surface area contributed by atoms with Crippen molar-refractivity contribution in [1.29, 1.82) is 0 Å². The number of anilines is 1. The predicted molar refractivity (Wildman–Crippen MR) is 83.2 cm³/mol. The minimum absolute atomic E-state index is 0.622. The van der Waals surface area contributed by atoms with Crippen LogP contribution in [0.2, 0.25) is 0 Å². The molecule has 5 heteroatoms. The molecule has 1 N–H and O–H groups in total. The van der Waals surface area contributed by atoms with Crippen LogP contribution >= 0.6 is 22.7 Å². The second-order valence-corrected chi connectivity index (χ2v) is 7.23. The van der Waals surface area contributed by atoms with Gasteiger partial charge in [-0.1, -0.05) is 19.3 Å². The van der Waals surface area contributed by atoms with Gasteiger partial charge < -0.3 is 5.32 Å². The number of rotatable bonds is 3. The first-order valence-corrected chi connectivity index (χ1v) is 8.58. The van der Waals surface area contributed by atoms with Gasteiger partial charge in [0.2, 0.25) is 0 Å². The molecule has 2 aromatic rings. The Hall–Kier alpha value is -0.940. The fourth-order valence-corrected chi connectivity index (χ4v) is 4.37. The molecule has 0 aliphatic heterocycles. The summed E-state index contributed by atoms with van der Waals surface area (Å²) >= 11 is 3.44. The number of nitrogens with one attached hydrogen (secondary N) is 1. The lowest BCUT2D eigenvalue weighted by atomic mass is 9.96. The zero-order valence-electron chi connectivity index (χ0n) is 11.4. The zero-order valence-corrected chi connectivity index (χ0v) is 13.0. The molecule has 3 nitrogen and oxygen atoms in total. The Kier molecular flexibility index (Phi) is 3.84. The summed E-state index contributed by atoms with van der Waals surface area (Å²) < 4.78 is 0. The molecule has 1 aliphatic carbocycles. The Morgan fingerprint density at radius 2 is 1.95 bits per heavy atom. The Bertz CT molecular complexity index is 553. The normalized spacial score (nSPS) is 16.7. The van der Waals surface area contributed by atoms with E-state index in [0.717, 1.165) is 21.5 Å². The Balaban J connectivity index is 1.74. The van der Waals surface area contributed by atoms with Gasteiger partial charge in [0.25, 0.3) is 0 Å². The van der Waals surface area contributed by atoms with Crippen molar-refractivity contribution in [3.63, 3.8) is 0 Å². The van der Waals surface area contributed by atoms with Crippen LogP contribution < -0.4 is 5.32 Å². The number of thiazole rings is 2. The summed E-state index contributed by atoms with van der Waals surface area (Å²) in [5.74, 6) is 0. The quantitative estimate of drug-likeness (QED) is 0.896. The number of hydrogen-bond acceptors (Lipinski definition) is 5. The van der Waals surface area contributed by atoms with Gasteiger partial charge in [-0.2, -0.15) is 0 Å². The van der Waals surface area contributed by atoms with Gasteiger partial charge in [-0.3, -0.25) is 0 Å². The number of aromatic nitrogens is 2. The summed E-state index contributed by atoms with van der Waals surface area (Å²) in [5, 5.41) is 7.91. The molecule has 0 spiro atoms. The first-order valence-electron chi connectivity index (χ1n) is 6.89. The lowest BCUT2D eigenvalue weighted by Crippen LogP contribution is -2.21. The van der Waals surface area contributed by atoms with E-state index >= 15 is 0 Å². The van der Waals surface area contributed by atoms with E-state index in [9.17, 15) is 0 Å². The van der Waals surface area contributed by atoms with Crippen LogP contribution in [0.3, 0.4) is 0 Å². The maximum atomic E-state index is 4.73. The average Bonchev–Trinajstić information content (AvgIpc) is 2.97. The van der Waals surface area contributed by atoms with Gasteiger partial charge in [0.05, 0.1) is 21.3 Å². The van der Waals surface area contributed by atoms with Crippen LogP contribution in [0.1, 0.15) is 42.8 Å². The molecule has 102 valence electrons. The predicted octanol–water partition coefficient (Wildman–Crippen LogP) is 4.63. The van der Waals surface area contributed by atoms with Gasteiger partial charge in [0, 0.05) is 11.4 Å². The summed E-state index contributed by atoms with van der Waals surface area (Å²) in [6.45, 7) is 4.11. The highest BCUT2D eigenvalue weighted by atomic mass is 32.1. The van der Waals surface area contributed by atoms with Gasteiger partial charge in [-0.25, -0.2) is 9.97 Å². The summed E-state index contributed by atoms with van der Waals surface area (Å²) in [6, 6.07) is 0.622. The first-order chi connectivity index (χ1) is 9.22. The summed E-state index contributed by atoms with van der Waals surface area (Å²) in [4.78, 5) is 10.4. The van der Waals surface area contributed by atoms with Gasteiger partial charge in [0.15, 0.2) is 5.13 Å². The van der Waals surface area contributed by atoms with Crippen molar-refractivity contribution in [1.82, 2.24) is 9.97 Å². The van der Waals surface area contributed by atoms with E-state index in [1.165, 1.54) is 37.0 Å². The van der Waals surface area contributed by atoms with E-state index in [0.29, 0.717) is 6.04 Å². The molecule has 19 heavy (non-hydrogen) atoms. The Labute approximate surface area is 122 Å². The van der Waals surface area contributed by atoms with E-state index in [4.69, 9.17) is 4.98 Å². The molecule has 0 atom stereocenters. The molecular formula is C14H19N3S2. The summed E-state index contributed by atoms with van der Waals surface area (Å²) in [7, 11) is 0. The summed E-state index contributed by atoms with van der Waals surface area (Å²) in [5.41, 5.74) is 2.17. The lowest BCUT2D eigenvalue weighted by molar-refractivity contribution is 0.462. The fourth-order valence-electron chi connectivity index (χ4n) is 2.63. The van der Waals surface area contributed by atoms with Crippen LogP contribution in [0.4, 0.5) is 5.13 Å².